The van der Waals surface area contributed by atoms with Gasteiger partial charge in [0.05, 0.1) is 5.92 Å². The number of fused-ring (bicyclic) bond motifs is 1. The molecule has 1 heterocycles. The zero-order valence-corrected chi connectivity index (χ0v) is 8.45. The number of benzene rings is 1. The van der Waals surface area contributed by atoms with Crippen LogP contribution in [0.4, 0.5) is 4.39 Å². The summed E-state index contributed by atoms with van der Waals surface area (Å²) in [5, 5.41) is 0. The van der Waals surface area contributed by atoms with Crippen LogP contribution in [0, 0.1) is 5.82 Å². The van der Waals surface area contributed by atoms with E-state index in [2.05, 4.69) is 4.98 Å². The molecule has 0 saturated carbocycles. The maximum absolute atomic E-state index is 13.2. The molecule has 1 aromatic carbocycles. The molecule has 4 heteroatoms. The second-order valence-electron chi connectivity index (χ2n) is 3.47. The Bertz CT molecular complexity index is 518. The number of para-hydroxylation sites is 1. The quantitative estimate of drug-likeness (QED) is 0.760. The summed E-state index contributed by atoms with van der Waals surface area (Å²) < 4.78 is 18.5. The fourth-order valence-electron chi connectivity index (χ4n) is 1.29. The minimum Gasteiger partial charge on any atom is -0.437 e. The van der Waals surface area contributed by atoms with E-state index >= 15 is 0 Å². The van der Waals surface area contributed by atoms with E-state index in [1.54, 1.807) is 19.1 Å². The molecule has 78 valence electrons. The van der Waals surface area contributed by atoms with E-state index in [-0.39, 0.29) is 17.3 Å². The summed E-state index contributed by atoms with van der Waals surface area (Å²) in [6.07, 6.45) is 0. The number of nitrogens with zero attached hydrogens (tertiary/aromatic N) is 1. The van der Waals surface area contributed by atoms with Crippen LogP contribution in [-0.4, -0.2) is 10.8 Å². The lowest BCUT2D eigenvalue weighted by molar-refractivity contribution is -0.118. The summed E-state index contributed by atoms with van der Waals surface area (Å²) in [5.41, 5.74) is 0.554. The summed E-state index contributed by atoms with van der Waals surface area (Å²) in [7, 11) is 0. The van der Waals surface area contributed by atoms with Crippen molar-refractivity contribution in [3.05, 3.63) is 29.9 Å². The first-order valence-corrected chi connectivity index (χ1v) is 4.65. The lowest BCUT2D eigenvalue weighted by Crippen LogP contribution is -2.03. The van der Waals surface area contributed by atoms with E-state index in [0.717, 1.165) is 0 Å². The van der Waals surface area contributed by atoms with Crippen LogP contribution in [0.2, 0.25) is 0 Å². The molecule has 0 amide bonds. The second kappa shape index (κ2) is 3.46. The molecule has 0 aliphatic carbocycles. The number of hydrogen-bond donors (Lipinski definition) is 0. The molecule has 0 saturated heterocycles. The second-order valence-corrected chi connectivity index (χ2v) is 3.47. The molecule has 1 atom stereocenters. The first kappa shape index (κ1) is 9.83. The summed E-state index contributed by atoms with van der Waals surface area (Å²) >= 11 is 0. The van der Waals surface area contributed by atoms with Gasteiger partial charge >= 0.3 is 0 Å². The zero-order chi connectivity index (χ0) is 11.0. The van der Waals surface area contributed by atoms with Crippen LogP contribution < -0.4 is 0 Å². The number of hydrogen-bond acceptors (Lipinski definition) is 3. The molecule has 2 aromatic rings. The molecule has 3 nitrogen and oxygen atoms in total. The zero-order valence-electron chi connectivity index (χ0n) is 8.45. The molecule has 0 fully saturated rings. The number of halogens is 1. The van der Waals surface area contributed by atoms with Gasteiger partial charge in [0, 0.05) is 0 Å². The molecule has 0 aliphatic rings. The minimum atomic E-state index is -0.456. The molecular formula is C11H10FNO2. The molecule has 0 radical (unpaired) electrons. The number of ketones is 1. The highest BCUT2D eigenvalue weighted by molar-refractivity contribution is 5.83. The minimum absolute atomic E-state index is 0.0537. The fourth-order valence-corrected chi connectivity index (χ4v) is 1.29. The van der Waals surface area contributed by atoms with Gasteiger partial charge in [-0.3, -0.25) is 4.79 Å². The highest BCUT2D eigenvalue weighted by Gasteiger charge is 2.18. The Labute approximate surface area is 85.9 Å². The van der Waals surface area contributed by atoms with Crippen molar-refractivity contribution in [1.82, 2.24) is 4.98 Å². The molecule has 0 spiro atoms. The largest absolute Gasteiger partial charge is 0.437 e. The van der Waals surface area contributed by atoms with E-state index in [4.69, 9.17) is 4.42 Å². The van der Waals surface area contributed by atoms with Crippen molar-refractivity contribution in [2.75, 3.05) is 0 Å². The maximum atomic E-state index is 13.2. The lowest BCUT2D eigenvalue weighted by Gasteiger charge is -1.99. The molecule has 1 unspecified atom stereocenters. The highest BCUT2D eigenvalue weighted by atomic mass is 19.1. The average Bonchev–Trinajstić information content (AvgIpc) is 2.61. The highest BCUT2D eigenvalue weighted by Crippen LogP contribution is 2.23. The van der Waals surface area contributed by atoms with Crippen LogP contribution in [0.3, 0.4) is 0 Å². The third-order valence-electron chi connectivity index (χ3n) is 2.36. The van der Waals surface area contributed by atoms with E-state index in [0.29, 0.717) is 5.52 Å². The molecule has 0 N–H and O–H groups in total. The normalized spacial score (nSPS) is 13.0. The van der Waals surface area contributed by atoms with Gasteiger partial charge in [0.25, 0.3) is 0 Å². The van der Waals surface area contributed by atoms with Crippen molar-refractivity contribution < 1.29 is 13.6 Å². The van der Waals surface area contributed by atoms with Crippen molar-refractivity contribution in [3.63, 3.8) is 0 Å². The van der Waals surface area contributed by atoms with Gasteiger partial charge in [-0.15, -0.1) is 0 Å². The maximum Gasteiger partial charge on any atom is 0.205 e. The van der Waals surface area contributed by atoms with Gasteiger partial charge in [0.2, 0.25) is 5.89 Å². The van der Waals surface area contributed by atoms with E-state index in [9.17, 15) is 9.18 Å². The number of carbonyl (C=O) groups excluding carboxylic acids is 1. The summed E-state index contributed by atoms with van der Waals surface area (Å²) in [5.74, 6) is -0.677. The van der Waals surface area contributed by atoms with E-state index < -0.39 is 11.7 Å². The SMILES string of the molecule is CC(=O)C(C)c1nc2cccc(F)c2o1. The average molecular weight is 207 g/mol. The number of carbonyl (C=O) groups is 1. The number of rotatable bonds is 2. The Morgan fingerprint density at radius 2 is 2.27 bits per heavy atom. The number of oxazole rings is 1. The molecule has 2 rings (SSSR count). The Morgan fingerprint density at radius 1 is 1.53 bits per heavy atom. The fraction of sp³-hybridized carbons (Fsp3) is 0.273. The molecule has 0 aliphatic heterocycles. The predicted molar refractivity (Wildman–Crippen MR) is 53.1 cm³/mol. The molecule has 1 aromatic heterocycles. The van der Waals surface area contributed by atoms with Crippen LogP contribution >= 0.6 is 0 Å². The van der Waals surface area contributed by atoms with Crippen molar-refractivity contribution >= 4 is 16.9 Å². The van der Waals surface area contributed by atoms with Crippen LogP contribution in [0.15, 0.2) is 22.6 Å². The Kier molecular flexibility index (Phi) is 2.26. The molecule has 15 heavy (non-hydrogen) atoms. The summed E-state index contributed by atoms with van der Waals surface area (Å²) in [6, 6.07) is 4.51. The van der Waals surface area contributed by atoms with Gasteiger partial charge in [0.15, 0.2) is 11.4 Å². The standard InChI is InChI=1S/C11H10FNO2/c1-6(7(2)14)11-13-9-5-3-4-8(12)10(9)15-11/h3-6H,1-2H3. The smallest absolute Gasteiger partial charge is 0.205 e. The third kappa shape index (κ3) is 1.63. The van der Waals surface area contributed by atoms with Crippen LogP contribution in [-0.2, 0) is 4.79 Å². The molecular weight excluding hydrogens is 197 g/mol. The van der Waals surface area contributed by atoms with Crippen LogP contribution in [0.25, 0.3) is 11.1 Å². The third-order valence-corrected chi connectivity index (χ3v) is 2.36. The van der Waals surface area contributed by atoms with Gasteiger partial charge in [-0.1, -0.05) is 6.07 Å². The monoisotopic (exact) mass is 207 g/mol. The predicted octanol–water partition coefficient (Wildman–Crippen LogP) is 2.66. The van der Waals surface area contributed by atoms with Crippen LogP contribution in [0.1, 0.15) is 25.7 Å². The van der Waals surface area contributed by atoms with Crippen LogP contribution in [0.5, 0.6) is 0 Å². The van der Waals surface area contributed by atoms with Gasteiger partial charge in [-0.25, -0.2) is 9.37 Å². The van der Waals surface area contributed by atoms with Crippen molar-refractivity contribution in [1.29, 1.82) is 0 Å². The summed E-state index contributed by atoms with van der Waals surface area (Å²) in [6.45, 7) is 3.14. The molecule has 0 bridgehead atoms. The first-order valence-electron chi connectivity index (χ1n) is 4.65. The number of Topliss-reactive ketones (excluding diaryl/α,β-unsaturated/α-hetero) is 1. The number of aromatic nitrogens is 1. The first-order chi connectivity index (χ1) is 7.09. The Balaban J connectivity index is 2.56. The van der Waals surface area contributed by atoms with Crippen molar-refractivity contribution in [2.45, 2.75) is 19.8 Å². The van der Waals surface area contributed by atoms with Gasteiger partial charge < -0.3 is 4.42 Å². The Morgan fingerprint density at radius 3 is 2.87 bits per heavy atom. The lowest BCUT2D eigenvalue weighted by atomic mass is 10.1. The van der Waals surface area contributed by atoms with Gasteiger partial charge in [0.1, 0.15) is 11.3 Å². The van der Waals surface area contributed by atoms with Gasteiger partial charge in [-0.05, 0) is 26.0 Å². The van der Waals surface area contributed by atoms with Crippen molar-refractivity contribution in [3.8, 4) is 0 Å². The topological polar surface area (TPSA) is 43.1 Å². The van der Waals surface area contributed by atoms with E-state index in [1.807, 2.05) is 0 Å². The van der Waals surface area contributed by atoms with E-state index in [1.165, 1.54) is 13.0 Å². The summed E-state index contributed by atoms with van der Waals surface area (Å²) in [4.78, 5) is 15.2. The van der Waals surface area contributed by atoms with Gasteiger partial charge in [-0.2, -0.15) is 0 Å². The van der Waals surface area contributed by atoms with Crippen molar-refractivity contribution in [2.24, 2.45) is 0 Å². The Hall–Kier alpha value is -1.71.